The van der Waals surface area contributed by atoms with Gasteiger partial charge in [-0.15, -0.1) is 10.2 Å². The highest BCUT2D eigenvalue weighted by atomic mass is 32.1. The number of fused-ring (bicyclic) bond motifs is 1. The number of anilines is 1. The Morgan fingerprint density at radius 1 is 1.28 bits per heavy atom. The van der Waals surface area contributed by atoms with Crippen LogP contribution >= 0.6 is 23.6 Å². The lowest BCUT2D eigenvalue weighted by Gasteiger charge is -2.12. The normalized spacial score (nSPS) is 11.2. The first kappa shape index (κ1) is 19.0. The van der Waals surface area contributed by atoms with E-state index < -0.39 is 0 Å². The van der Waals surface area contributed by atoms with Crippen LogP contribution in [-0.2, 0) is 4.79 Å². The van der Waals surface area contributed by atoms with Crippen molar-refractivity contribution in [1.82, 2.24) is 25.1 Å². The van der Waals surface area contributed by atoms with E-state index in [0.717, 1.165) is 32.6 Å². The lowest BCUT2D eigenvalue weighted by Crippen LogP contribution is -2.33. The Hall–Kier alpha value is -3.37. The van der Waals surface area contributed by atoms with E-state index in [0.29, 0.717) is 5.76 Å². The molecule has 10 heteroatoms. The molecule has 29 heavy (non-hydrogen) atoms. The van der Waals surface area contributed by atoms with Crippen molar-refractivity contribution in [3.8, 4) is 10.6 Å². The number of nitrogens with one attached hydrogen (secondary N) is 2. The van der Waals surface area contributed by atoms with Crippen LogP contribution in [0.3, 0.4) is 0 Å². The standard InChI is InChI=1S/C19H16N6O2S2/c1-11-5-6-13(17-24-25-12(2)22-23-19(25)29-17)10-15(11)20-18(28)21-16(26)8-7-14-4-3-9-27-14/h3-10H,1-2H3,(H2,20,21,26,28)/b8-7+. The first-order chi connectivity index (χ1) is 14.0. The molecular formula is C19H16N6O2S2. The van der Waals surface area contributed by atoms with Crippen molar-refractivity contribution in [2.45, 2.75) is 13.8 Å². The Morgan fingerprint density at radius 2 is 2.14 bits per heavy atom. The third-order valence-electron chi connectivity index (χ3n) is 4.06. The Kier molecular flexibility index (Phi) is 5.19. The fourth-order valence-corrected chi connectivity index (χ4v) is 3.66. The first-order valence-electron chi connectivity index (χ1n) is 8.63. The quantitative estimate of drug-likeness (QED) is 0.382. The highest BCUT2D eigenvalue weighted by Crippen LogP contribution is 2.29. The molecule has 1 aromatic carbocycles. The molecule has 0 aliphatic rings. The molecular weight excluding hydrogens is 408 g/mol. The van der Waals surface area contributed by atoms with Crippen molar-refractivity contribution >= 4 is 51.3 Å². The van der Waals surface area contributed by atoms with Crippen molar-refractivity contribution in [1.29, 1.82) is 0 Å². The van der Waals surface area contributed by atoms with Crippen molar-refractivity contribution < 1.29 is 9.21 Å². The fraction of sp³-hybridized carbons (Fsp3) is 0.105. The monoisotopic (exact) mass is 424 g/mol. The second kappa shape index (κ2) is 7.94. The summed E-state index contributed by atoms with van der Waals surface area (Å²) >= 11 is 6.72. The van der Waals surface area contributed by atoms with Crippen LogP contribution in [0.5, 0.6) is 0 Å². The van der Waals surface area contributed by atoms with Crippen molar-refractivity contribution in [3.63, 3.8) is 0 Å². The molecule has 0 aliphatic heterocycles. The number of aromatic nitrogens is 4. The van der Waals surface area contributed by atoms with Crippen LogP contribution in [0.2, 0.25) is 0 Å². The topological polar surface area (TPSA) is 97.4 Å². The predicted octanol–water partition coefficient (Wildman–Crippen LogP) is 3.59. The van der Waals surface area contributed by atoms with Gasteiger partial charge in [0.15, 0.2) is 10.9 Å². The van der Waals surface area contributed by atoms with Crippen molar-refractivity contribution in [3.05, 3.63) is 59.8 Å². The molecule has 0 fully saturated rings. The van der Waals surface area contributed by atoms with E-state index in [1.807, 2.05) is 32.0 Å². The Balaban J connectivity index is 1.47. The van der Waals surface area contributed by atoms with E-state index in [-0.39, 0.29) is 11.0 Å². The molecule has 1 amide bonds. The molecule has 0 saturated heterocycles. The smallest absolute Gasteiger partial charge is 0.250 e. The van der Waals surface area contributed by atoms with Crippen LogP contribution in [0.25, 0.3) is 21.6 Å². The number of carbonyl (C=O) groups is 1. The van der Waals surface area contributed by atoms with E-state index in [1.54, 1.807) is 22.7 Å². The minimum absolute atomic E-state index is 0.202. The lowest BCUT2D eigenvalue weighted by molar-refractivity contribution is -0.115. The zero-order valence-electron chi connectivity index (χ0n) is 15.5. The van der Waals surface area contributed by atoms with Crippen LogP contribution in [0, 0.1) is 13.8 Å². The third-order valence-corrected chi connectivity index (χ3v) is 5.21. The van der Waals surface area contributed by atoms with E-state index in [4.69, 9.17) is 16.6 Å². The van der Waals surface area contributed by atoms with Gasteiger partial charge in [0.25, 0.3) is 0 Å². The van der Waals surface area contributed by atoms with Crippen molar-refractivity contribution in [2.24, 2.45) is 0 Å². The van der Waals surface area contributed by atoms with E-state index >= 15 is 0 Å². The minimum Gasteiger partial charge on any atom is -0.465 e. The molecule has 3 heterocycles. The molecule has 146 valence electrons. The molecule has 3 aromatic heterocycles. The number of furan rings is 1. The maximum Gasteiger partial charge on any atom is 0.250 e. The molecule has 0 atom stereocenters. The molecule has 4 rings (SSSR count). The molecule has 0 bridgehead atoms. The van der Waals surface area contributed by atoms with Crippen LogP contribution in [0.1, 0.15) is 17.1 Å². The number of rotatable bonds is 4. The van der Waals surface area contributed by atoms with Crippen LogP contribution in [0.4, 0.5) is 5.69 Å². The van der Waals surface area contributed by atoms with Gasteiger partial charge >= 0.3 is 0 Å². The van der Waals surface area contributed by atoms with E-state index in [9.17, 15) is 4.79 Å². The average Bonchev–Trinajstić information content (AvgIpc) is 3.41. The summed E-state index contributed by atoms with van der Waals surface area (Å²) in [6.45, 7) is 3.81. The summed E-state index contributed by atoms with van der Waals surface area (Å²) in [5, 5.41) is 19.4. The van der Waals surface area contributed by atoms with Crippen LogP contribution in [-0.4, -0.2) is 30.8 Å². The Labute approximate surface area is 175 Å². The molecule has 0 radical (unpaired) electrons. The molecule has 2 N–H and O–H groups in total. The molecule has 0 spiro atoms. The van der Waals surface area contributed by atoms with Gasteiger partial charge in [0.2, 0.25) is 10.9 Å². The van der Waals surface area contributed by atoms with Gasteiger partial charge < -0.3 is 9.73 Å². The summed E-state index contributed by atoms with van der Waals surface area (Å²) in [6, 6.07) is 9.39. The number of aryl methyl sites for hydroxylation is 2. The number of nitrogens with zero attached hydrogens (tertiary/aromatic N) is 4. The van der Waals surface area contributed by atoms with Gasteiger partial charge in [-0.1, -0.05) is 23.5 Å². The van der Waals surface area contributed by atoms with E-state index in [2.05, 4.69) is 25.9 Å². The molecule has 0 aliphatic carbocycles. The minimum atomic E-state index is -0.350. The first-order valence-corrected chi connectivity index (χ1v) is 9.85. The van der Waals surface area contributed by atoms with Crippen LogP contribution < -0.4 is 10.6 Å². The highest BCUT2D eigenvalue weighted by molar-refractivity contribution is 7.80. The lowest BCUT2D eigenvalue weighted by atomic mass is 10.1. The Bertz CT molecular complexity index is 1220. The SMILES string of the molecule is Cc1ccc(-c2nn3c(C)nnc3s2)cc1NC(=S)NC(=O)/C=C/c1ccco1. The van der Waals surface area contributed by atoms with E-state index in [1.165, 1.54) is 23.7 Å². The molecule has 0 saturated carbocycles. The van der Waals surface area contributed by atoms with Gasteiger partial charge in [-0.2, -0.15) is 9.61 Å². The summed E-state index contributed by atoms with van der Waals surface area (Å²) in [7, 11) is 0. The maximum atomic E-state index is 12.0. The van der Waals surface area contributed by atoms with Gasteiger partial charge in [-0.25, -0.2) is 0 Å². The summed E-state index contributed by atoms with van der Waals surface area (Å²) in [4.78, 5) is 12.8. The van der Waals surface area contributed by atoms with Crippen LogP contribution in [0.15, 0.2) is 47.1 Å². The molecule has 8 nitrogen and oxygen atoms in total. The zero-order chi connectivity index (χ0) is 20.4. The van der Waals surface area contributed by atoms with Gasteiger partial charge in [0, 0.05) is 17.3 Å². The second-order valence-electron chi connectivity index (χ2n) is 6.17. The van der Waals surface area contributed by atoms with Gasteiger partial charge in [0.05, 0.1) is 6.26 Å². The second-order valence-corrected chi connectivity index (χ2v) is 7.53. The van der Waals surface area contributed by atoms with Gasteiger partial charge in [-0.3, -0.25) is 10.1 Å². The number of thiocarbonyl (C=S) groups is 1. The highest BCUT2D eigenvalue weighted by Gasteiger charge is 2.12. The third kappa shape index (κ3) is 4.23. The number of amides is 1. The fourth-order valence-electron chi connectivity index (χ4n) is 2.57. The largest absolute Gasteiger partial charge is 0.465 e. The molecule has 0 unspecified atom stereocenters. The summed E-state index contributed by atoms with van der Waals surface area (Å²) in [5.74, 6) is 0.971. The predicted molar refractivity (Wildman–Crippen MR) is 116 cm³/mol. The zero-order valence-corrected chi connectivity index (χ0v) is 17.2. The van der Waals surface area contributed by atoms with Crippen molar-refractivity contribution in [2.75, 3.05) is 5.32 Å². The van der Waals surface area contributed by atoms with Gasteiger partial charge in [-0.05, 0) is 55.9 Å². The number of carbonyl (C=O) groups excluding carboxylic acids is 1. The summed E-state index contributed by atoms with van der Waals surface area (Å²) in [6.07, 6.45) is 4.47. The summed E-state index contributed by atoms with van der Waals surface area (Å²) < 4.78 is 6.86. The maximum absolute atomic E-state index is 12.0. The Morgan fingerprint density at radius 3 is 2.90 bits per heavy atom. The number of benzene rings is 1. The number of hydrogen-bond donors (Lipinski definition) is 2. The van der Waals surface area contributed by atoms with Gasteiger partial charge in [0.1, 0.15) is 10.8 Å². The summed E-state index contributed by atoms with van der Waals surface area (Å²) in [5.41, 5.74) is 2.68. The molecule has 4 aromatic rings. The average molecular weight is 425 g/mol. The number of hydrogen-bond acceptors (Lipinski definition) is 7.